The Kier molecular flexibility index (Phi) is 10.7. The number of aromatic nitrogens is 8. The highest BCUT2D eigenvalue weighted by molar-refractivity contribution is 5.95. The van der Waals surface area contributed by atoms with E-state index in [0.29, 0.717) is 5.69 Å². The number of aromatic amines is 5. The number of carbonyl (C=O) groups excluding carboxylic acids is 4. The van der Waals surface area contributed by atoms with Crippen LogP contribution < -0.4 is 11.1 Å². The van der Waals surface area contributed by atoms with Crippen LogP contribution >= 0.6 is 0 Å². The zero-order valence-electron chi connectivity index (χ0n) is 19.9. The van der Waals surface area contributed by atoms with Crippen LogP contribution in [0.5, 0.6) is 17.4 Å². The smallest absolute Gasteiger partial charge is 0.268 e. The molecule has 0 aliphatic rings. The second-order valence-electron chi connectivity index (χ2n) is 6.93. The fraction of sp³-hybridized carbons (Fsp3) is 0.200. The Hall–Kier alpha value is -5.48. The number of nitrogens with zero attached hydrogens (tertiary/aromatic N) is 3. The average Bonchev–Trinajstić information content (AvgIpc) is 3.58. The summed E-state index contributed by atoms with van der Waals surface area (Å²) in [6.07, 6.45) is 2.38. The van der Waals surface area contributed by atoms with Crippen molar-refractivity contribution < 1.29 is 34.5 Å². The zero-order valence-corrected chi connectivity index (χ0v) is 19.9. The lowest BCUT2D eigenvalue weighted by atomic mass is 10.3. The Morgan fingerprint density at radius 3 is 1.38 bits per heavy atom. The summed E-state index contributed by atoms with van der Waals surface area (Å²) in [7, 11) is 0. The fourth-order valence-corrected chi connectivity index (χ4v) is 2.22. The van der Waals surface area contributed by atoms with Crippen LogP contribution in [0.4, 0.5) is 0 Å². The van der Waals surface area contributed by atoms with E-state index in [4.69, 9.17) is 15.3 Å². The molecule has 0 amide bonds. The molecule has 4 heterocycles. The lowest BCUT2D eigenvalue weighted by Crippen LogP contribution is -2.10. The molecule has 0 aromatic carbocycles. The first-order chi connectivity index (χ1) is 17.2. The van der Waals surface area contributed by atoms with Gasteiger partial charge in [-0.2, -0.15) is 14.9 Å². The van der Waals surface area contributed by atoms with Crippen LogP contribution in [0, 0.1) is 0 Å². The summed E-state index contributed by atoms with van der Waals surface area (Å²) in [5.74, 6) is -1.56. The summed E-state index contributed by atoms with van der Waals surface area (Å²) in [5.41, 5.74) is -0.127. The van der Waals surface area contributed by atoms with Crippen LogP contribution in [-0.2, 0) is 0 Å². The molecule has 198 valence electrons. The van der Waals surface area contributed by atoms with Crippen LogP contribution in [0.25, 0.3) is 0 Å². The molecule has 17 heteroatoms. The van der Waals surface area contributed by atoms with Crippen LogP contribution in [-0.4, -0.2) is 78.9 Å². The molecule has 0 unspecified atom stereocenters. The van der Waals surface area contributed by atoms with Gasteiger partial charge in [0.15, 0.2) is 28.8 Å². The molecule has 17 nitrogen and oxygen atoms in total. The first-order valence-corrected chi connectivity index (χ1v) is 10.0. The van der Waals surface area contributed by atoms with Crippen LogP contribution in [0.1, 0.15) is 64.0 Å². The van der Waals surface area contributed by atoms with Gasteiger partial charge in [0.25, 0.3) is 11.1 Å². The van der Waals surface area contributed by atoms with Crippen LogP contribution in [0.15, 0.2) is 34.1 Å². The van der Waals surface area contributed by atoms with E-state index < -0.39 is 11.5 Å². The van der Waals surface area contributed by atoms with Crippen molar-refractivity contribution in [2.45, 2.75) is 27.7 Å². The Balaban J connectivity index is 0.000000247. The fourth-order valence-electron chi connectivity index (χ4n) is 2.22. The summed E-state index contributed by atoms with van der Waals surface area (Å²) in [5, 5.41) is 44.8. The van der Waals surface area contributed by atoms with E-state index in [9.17, 15) is 28.8 Å². The average molecular weight is 520 g/mol. The highest BCUT2D eigenvalue weighted by Gasteiger charge is 2.07. The van der Waals surface area contributed by atoms with Crippen molar-refractivity contribution in [3.8, 4) is 17.4 Å². The van der Waals surface area contributed by atoms with Gasteiger partial charge < -0.3 is 15.3 Å². The Bertz CT molecular complexity index is 1430. The Labute approximate surface area is 206 Å². The van der Waals surface area contributed by atoms with E-state index in [1.54, 1.807) is 0 Å². The van der Waals surface area contributed by atoms with Crippen molar-refractivity contribution >= 4 is 23.3 Å². The van der Waals surface area contributed by atoms with Crippen LogP contribution in [0.3, 0.4) is 0 Å². The monoisotopic (exact) mass is 520 g/mol. The molecule has 4 rings (SSSR count). The molecule has 0 saturated carbocycles. The van der Waals surface area contributed by atoms with Crippen LogP contribution in [0.2, 0.25) is 0 Å². The van der Waals surface area contributed by atoms with Crippen molar-refractivity contribution in [2.24, 2.45) is 0 Å². The number of H-pyrrole nitrogens is 5. The number of carbonyl (C=O) groups is 4. The molecule has 8 N–H and O–H groups in total. The van der Waals surface area contributed by atoms with Gasteiger partial charge in [-0.15, -0.1) is 0 Å². The van der Waals surface area contributed by atoms with E-state index in [-0.39, 0.29) is 51.7 Å². The topological polar surface area (TPSA) is 273 Å². The number of Topliss-reactive ketones (excluding diaryl/α,β-unsaturated/α-hetero) is 3. The number of hydrogen-bond acceptors (Lipinski definition) is 11. The Morgan fingerprint density at radius 1 is 0.730 bits per heavy atom. The molecule has 0 fully saturated rings. The van der Waals surface area contributed by atoms with Gasteiger partial charge in [-0.3, -0.25) is 54.3 Å². The van der Waals surface area contributed by atoms with Gasteiger partial charge in [0.1, 0.15) is 17.1 Å². The summed E-state index contributed by atoms with van der Waals surface area (Å²) in [6.45, 7) is 5.33. The molecule has 4 aromatic heterocycles. The Morgan fingerprint density at radius 2 is 1.22 bits per heavy atom. The highest BCUT2D eigenvalue weighted by atomic mass is 16.3. The normalized spacial score (nSPS) is 9.51. The highest BCUT2D eigenvalue weighted by Crippen LogP contribution is 2.11. The molecule has 37 heavy (non-hydrogen) atoms. The first kappa shape index (κ1) is 29.6. The number of hydrogen-bond donors (Lipinski definition) is 8. The van der Waals surface area contributed by atoms with Crippen molar-refractivity contribution in [1.29, 1.82) is 0 Å². The maximum absolute atomic E-state index is 10.5. The van der Waals surface area contributed by atoms with Gasteiger partial charge in [-0.25, -0.2) is 0 Å². The minimum Gasteiger partial charge on any atom is -0.504 e. The third-order valence-electron chi connectivity index (χ3n) is 3.94. The maximum Gasteiger partial charge on any atom is 0.268 e. The van der Waals surface area contributed by atoms with Gasteiger partial charge >= 0.3 is 0 Å². The minimum absolute atomic E-state index is 0.0949. The van der Waals surface area contributed by atoms with E-state index in [1.165, 1.54) is 46.2 Å². The quantitative estimate of drug-likeness (QED) is 0.167. The third-order valence-corrected chi connectivity index (χ3v) is 3.94. The van der Waals surface area contributed by atoms with Crippen molar-refractivity contribution in [3.63, 3.8) is 0 Å². The number of rotatable bonds is 3. The minimum atomic E-state index is -0.493. The molecule has 4 aromatic rings. The molecular formula is C20H24N8O9. The standard InChI is InChI=1S/C5H6N2O3.3C5H6N2O2/c1-3(8)7-5(10)2-4(9)6-7;2*1-3(8)5-4(9)2-6-7-5;1-3(8)4-2-5(9)7-6-4/h2,10H,1H3,(H,6,9);2*2,9H,1H3,(H,6,7);2H,1H3,(H2,6,7,9). The van der Waals surface area contributed by atoms with E-state index in [0.717, 1.165) is 10.7 Å². The summed E-state index contributed by atoms with van der Waals surface area (Å²) in [4.78, 5) is 62.8. The molecule has 0 radical (unpaired) electrons. The number of nitrogens with one attached hydrogen (secondary N) is 5. The molecule has 0 bridgehead atoms. The molecule has 0 atom stereocenters. The third kappa shape index (κ3) is 9.35. The lowest BCUT2D eigenvalue weighted by molar-refractivity contribution is 0.0908. The molecule has 0 aliphatic carbocycles. The van der Waals surface area contributed by atoms with Gasteiger partial charge in [0.05, 0.1) is 18.5 Å². The van der Waals surface area contributed by atoms with Crippen molar-refractivity contribution in [2.75, 3.05) is 0 Å². The van der Waals surface area contributed by atoms with E-state index in [2.05, 4.69) is 35.7 Å². The van der Waals surface area contributed by atoms with Gasteiger partial charge in [0.2, 0.25) is 11.8 Å². The number of aromatic hydroxyl groups is 3. The SMILES string of the molecule is CC(=O)c1[nH]ncc1O.CC(=O)c1[nH]ncc1O.CC(=O)c1cc(=O)[nH][nH]1.CC(=O)n1[nH]c(=O)cc1O. The van der Waals surface area contributed by atoms with Crippen molar-refractivity contribution in [1.82, 2.24) is 40.4 Å². The largest absolute Gasteiger partial charge is 0.504 e. The molecule has 0 saturated heterocycles. The first-order valence-electron chi connectivity index (χ1n) is 10.0. The summed E-state index contributed by atoms with van der Waals surface area (Å²) >= 11 is 0. The lowest BCUT2D eigenvalue weighted by Gasteiger charge is -1.93. The maximum atomic E-state index is 10.5. The molecular weight excluding hydrogens is 496 g/mol. The van der Waals surface area contributed by atoms with Crippen molar-refractivity contribution in [3.05, 3.63) is 62.3 Å². The van der Waals surface area contributed by atoms with E-state index >= 15 is 0 Å². The predicted octanol–water partition coefficient (Wildman–Crippen LogP) is 0.0835. The van der Waals surface area contributed by atoms with Gasteiger partial charge in [0, 0.05) is 33.8 Å². The summed E-state index contributed by atoms with van der Waals surface area (Å²) in [6, 6.07) is 2.16. The van der Waals surface area contributed by atoms with Gasteiger partial charge in [-0.05, 0) is 0 Å². The van der Waals surface area contributed by atoms with E-state index in [1.807, 2.05) is 0 Å². The zero-order chi connectivity index (χ0) is 28.3. The second-order valence-corrected chi connectivity index (χ2v) is 6.93. The molecule has 0 aliphatic heterocycles. The predicted molar refractivity (Wildman–Crippen MR) is 125 cm³/mol. The summed E-state index contributed by atoms with van der Waals surface area (Å²) < 4.78 is 0.766. The van der Waals surface area contributed by atoms with Gasteiger partial charge in [-0.1, -0.05) is 0 Å². The molecule has 0 spiro atoms. The number of ketones is 3. The second kappa shape index (κ2) is 13.4.